The smallest absolute Gasteiger partial charge is 0.255 e. The number of fused-ring (bicyclic) bond motifs is 1. The van der Waals surface area contributed by atoms with Gasteiger partial charge in [-0.3, -0.25) is 4.79 Å². The number of amides is 1. The molecule has 0 aliphatic rings. The van der Waals surface area contributed by atoms with Crippen molar-refractivity contribution in [1.82, 2.24) is 4.98 Å². The van der Waals surface area contributed by atoms with Gasteiger partial charge in [-0.25, -0.2) is 0 Å². The number of carbonyl (C=O) groups is 1. The van der Waals surface area contributed by atoms with Crippen LogP contribution in [0.25, 0.3) is 10.9 Å². The summed E-state index contributed by atoms with van der Waals surface area (Å²) in [5.74, 6) is -0.148. The fraction of sp³-hybridized carbons (Fsp3) is 0.0625. The van der Waals surface area contributed by atoms with Crippen LogP contribution in [0.1, 0.15) is 15.9 Å². The van der Waals surface area contributed by atoms with Crippen LogP contribution in [-0.2, 0) is 6.61 Å². The summed E-state index contributed by atoms with van der Waals surface area (Å²) in [6.45, 7) is -0.00160. The highest BCUT2D eigenvalue weighted by atomic mass is 16.3. The highest BCUT2D eigenvalue weighted by molar-refractivity contribution is 6.06. The number of carbonyl (C=O) groups excluding carboxylic acids is 1. The number of hydrogen-bond acceptors (Lipinski definition) is 2. The van der Waals surface area contributed by atoms with Crippen molar-refractivity contribution >= 4 is 22.5 Å². The van der Waals surface area contributed by atoms with E-state index in [1.165, 1.54) is 0 Å². The molecule has 4 heteroatoms. The maximum absolute atomic E-state index is 12.2. The average Bonchev–Trinajstić information content (AvgIpc) is 2.95. The van der Waals surface area contributed by atoms with Gasteiger partial charge < -0.3 is 15.4 Å². The molecule has 4 nitrogen and oxygen atoms in total. The molecule has 1 amide bonds. The van der Waals surface area contributed by atoms with Crippen LogP contribution < -0.4 is 5.32 Å². The van der Waals surface area contributed by atoms with Crippen LogP contribution in [0, 0.1) is 0 Å². The summed E-state index contributed by atoms with van der Waals surface area (Å²) in [7, 11) is 0. The predicted molar refractivity (Wildman–Crippen MR) is 78.6 cm³/mol. The van der Waals surface area contributed by atoms with Crippen molar-refractivity contribution in [3.05, 3.63) is 65.9 Å². The number of H-pyrrole nitrogens is 1. The number of hydrogen-bond donors (Lipinski definition) is 3. The molecular weight excluding hydrogens is 252 g/mol. The molecule has 0 saturated carbocycles. The molecule has 0 aliphatic heterocycles. The second-order valence-electron chi connectivity index (χ2n) is 4.59. The molecular formula is C16H14N2O2. The Hall–Kier alpha value is -2.59. The molecule has 0 bridgehead atoms. The molecule has 100 valence electrons. The molecule has 0 fully saturated rings. The van der Waals surface area contributed by atoms with Crippen molar-refractivity contribution in [2.75, 3.05) is 5.32 Å². The number of nitrogens with one attached hydrogen (secondary N) is 2. The van der Waals surface area contributed by atoms with Gasteiger partial charge in [0.25, 0.3) is 5.91 Å². The monoisotopic (exact) mass is 266 g/mol. The third kappa shape index (κ3) is 2.41. The second kappa shape index (κ2) is 5.19. The summed E-state index contributed by atoms with van der Waals surface area (Å²) in [6, 6.07) is 14.6. The van der Waals surface area contributed by atoms with Gasteiger partial charge in [0.05, 0.1) is 6.61 Å². The van der Waals surface area contributed by atoms with Gasteiger partial charge in [-0.2, -0.15) is 0 Å². The molecule has 3 rings (SSSR count). The molecule has 2 aromatic carbocycles. The lowest BCUT2D eigenvalue weighted by Crippen LogP contribution is -2.11. The summed E-state index contributed by atoms with van der Waals surface area (Å²) >= 11 is 0. The Kier molecular flexibility index (Phi) is 3.23. The third-order valence-electron chi connectivity index (χ3n) is 3.21. The SMILES string of the molecule is O=C(Nc1ccc(CO)cc1)c1ccc2[nH]ccc2c1. The first-order valence-corrected chi connectivity index (χ1v) is 6.34. The third-order valence-corrected chi connectivity index (χ3v) is 3.21. The maximum Gasteiger partial charge on any atom is 0.255 e. The number of aromatic nitrogens is 1. The first-order chi connectivity index (χ1) is 9.76. The quantitative estimate of drug-likeness (QED) is 0.682. The van der Waals surface area contributed by atoms with Crippen molar-refractivity contribution in [3.63, 3.8) is 0 Å². The van der Waals surface area contributed by atoms with Gasteiger partial charge in [0.2, 0.25) is 0 Å². The number of aliphatic hydroxyl groups excluding tert-OH is 1. The largest absolute Gasteiger partial charge is 0.392 e. The van der Waals surface area contributed by atoms with Crippen molar-refractivity contribution in [1.29, 1.82) is 0 Å². The number of benzene rings is 2. The topological polar surface area (TPSA) is 65.1 Å². The second-order valence-corrected chi connectivity index (χ2v) is 4.59. The average molecular weight is 266 g/mol. The Labute approximate surface area is 116 Å². The highest BCUT2D eigenvalue weighted by Crippen LogP contribution is 2.16. The van der Waals surface area contributed by atoms with E-state index in [4.69, 9.17) is 5.11 Å². The molecule has 0 spiro atoms. The summed E-state index contributed by atoms with van der Waals surface area (Å²) < 4.78 is 0. The Balaban J connectivity index is 1.80. The van der Waals surface area contributed by atoms with Crippen LogP contribution >= 0.6 is 0 Å². The Bertz CT molecular complexity index is 745. The first-order valence-electron chi connectivity index (χ1n) is 6.34. The van der Waals surface area contributed by atoms with E-state index in [0.717, 1.165) is 16.5 Å². The molecule has 3 N–H and O–H groups in total. The first kappa shape index (κ1) is 12.4. The molecule has 0 radical (unpaired) electrons. The van der Waals surface area contributed by atoms with Crippen molar-refractivity contribution in [2.24, 2.45) is 0 Å². The van der Waals surface area contributed by atoms with E-state index in [1.54, 1.807) is 30.3 Å². The van der Waals surface area contributed by atoms with Crippen molar-refractivity contribution in [3.8, 4) is 0 Å². The van der Waals surface area contributed by atoms with E-state index in [1.807, 2.05) is 24.4 Å². The van der Waals surface area contributed by atoms with Crippen LogP contribution in [0.15, 0.2) is 54.7 Å². The minimum Gasteiger partial charge on any atom is -0.392 e. The Morgan fingerprint density at radius 1 is 1.10 bits per heavy atom. The normalized spacial score (nSPS) is 10.7. The summed E-state index contributed by atoms with van der Waals surface area (Å²) in [4.78, 5) is 15.3. The fourth-order valence-electron chi connectivity index (χ4n) is 2.09. The summed E-state index contributed by atoms with van der Waals surface area (Å²) in [5.41, 5.74) is 3.15. The van der Waals surface area contributed by atoms with Crippen molar-refractivity contribution in [2.45, 2.75) is 6.61 Å². The van der Waals surface area contributed by atoms with Gasteiger partial charge in [-0.05, 0) is 42.0 Å². The minimum absolute atomic E-state index is 0.00160. The van der Waals surface area contributed by atoms with Crippen LogP contribution in [-0.4, -0.2) is 16.0 Å². The van der Waals surface area contributed by atoms with Gasteiger partial charge in [0.15, 0.2) is 0 Å². The van der Waals surface area contributed by atoms with Gasteiger partial charge in [-0.15, -0.1) is 0 Å². The Morgan fingerprint density at radius 3 is 2.65 bits per heavy atom. The molecule has 0 aliphatic carbocycles. The summed E-state index contributed by atoms with van der Waals surface area (Å²) in [6.07, 6.45) is 1.85. The van der Waals surface area contributed by atoms with E-state index < -0.39 is 0 Å². The highest BCUT2D eigenvalue weighted by Gasteiger charge is 2.07. The standard InChI is InChI=1S/C16H14N2O2/c19-10-11-1-4-14(5-2-11)18-16(20)13-3-6-15-12(9-13)7-8-17-15/h1-9,17,19H,10H2,(H,18,20). The molecule has 0 unspecified atom stereocenters. The zero-order chi connectivity index (χ0) is 13.9. The predicted octanol–water partition coefficient (Wildman–Crippen LogP) is 2.91. The number of aliphatic hydroxyl groups is 1. The van der Waals surface area contributed by atoms with Crippen LogP contribution in [0.3, 0.4) is 0 Å². The van der Waals surface area contributed by atoms with Gasteiger partial charge in [-0.1, -0.05) is 12.1 Å². The lowest BCUT2D eigenvalue weighted by molar-refractivity contribution is 0.102. The van der Waals surface area contributed by atoms with Crippen LogP contribution in [0.5, 0.6) is 0 Å². The van der Waals surface area contributed by atoms with E-state index in [0.29, 0.717) is 11.3 Å². The summed E-state index contributed by atoms with van der Waals surface area (Å²) in [5, 5.41) is 12.8. The van der Waals surface area contributed by atoms with E-state index in [9.17, 15) is 4.79 Å². The minimum atomic E-state index is -0.148. The molecule has 1 heterocycles. The van der Waals surface area contributed by atoms with E-state index in [-0.39, 0.29) is 12.5 Å². The molecule has 3 aromatic rings. The number of rotatable bonds is 3. The van der Waals surface area contributed by atoms with Gasteiger partial charge in [0, 0.05) is 28.4 Å². The van der Waals surface area contributed by atoms with Crippen molar-refractivity contribution < 1.29 is 9.90 Å². The lowest BCUT2D eigenvalue weighted by atomic mass is 10.1. The molecule has 1 aromatic heterocycles. The van der Waals surface area contributed by atoms with Gasteiger partial charge in [0.1, 0.15) is 0 Å². The van der Waals surface area contributed by atoms with Gasteiger partial charge >= 0.3 is 0 Å². The number of aromatic amines is 1. The maximum atomic E-state index is 12.2. The van der Waals surface area contributed by atoms with E-state index >= 15 is 0 Å². The molecule has 0 atom stereocenters. The van der Waals surface area contributed by atoms with E-state index in [2.05, 4.69) is 10.3 Å². The molecule has 20 heavy (non-hydrogen) atoms. The molecule has 0 saturated heterocycles. The number of anilines is 1. The van der Waals surface area contributed by atoms with Crippen LogP contribution in [0.2, 0.25) is 0 Å². The fourth-order valence-corrected chi connectivity index (χ4v) is 2.09. The van der Waals surface area contributed by atoms with Crippen LogP contribution in [0.4, 0.5) is 5.69 Å². The zero-order valence-electron chi connectivity index (χ0n) is 10.8. The lowest BCUT2D eigenvalue weighted by Gasteiger charge is -2.06. The Morgan fingerprint density at radius 2 is 1.90 bits per heavy atom. The zero-order valence-corrected chi connectivity index (χ0v) is 10.8.